The van der Waals surface area contributed by atoms with Crippen LogP contribution in [0.5, 0.6) is 0 Å². The minimum atomic E-state index is 0.825. The van der Waals surface area contributed by atoms with Gasteiger partial charge < -0.3 is 0 Å². The van der Waals surface area contributed by atoms with E-state index < -0.39 is 0 Å². The summed E-state index contributed by atoms with van der Waals surface area (Å²) in [5.41, 5.74) is 2.84. The van der Waals surface area contributed by atoms with Crippen LogP contribution in [0.3, 0.4) is 0 Å². The van der Waals surface area contributed by atoms with Crippen molar-refractivity contribution in [1.82, 2.24) is 0 Å². The first-order valence-corrected chi connectivity index (χ1v) is 5.31. The lowest BCUT2D eigenvalue weighted by atomic mass is 10.0. The smallest absolute Gasteiger partial charge is 0.0171 e. The zero-order valence-electron chi connectivity index (χ0n) is 6.89. The van der Waals surface area contributed by atoms with Gasteiger partial charge in [0.2, 0.25) is 0 Å². The molecule has 0 aliphatic heterocycles. The molecule has 1 aliphatic rings. The topological polar surface area (TPSA) is 0 Å². The first kappa shape index (κ1) is 8.30. The molecule has 1 saturated carbocycles. The maximum Gasteiger partial charge on any atom is 0.0171 e. The third-order valence-electron chi connectivity index (χ3n) is 2.29. The molecule has 0 amide bonds. The first-order valence-electron chi connectivity index (χ1n) is 4.24. The zero-order chi connectivity index (χ0) is 8.55. The Hall–Kier alpha value is -0.310. The van der Waals surface area contributed by atoms with Crippen molar-refractivity contribution in [2.24, 2.45) is 0 Å². The lowest BCUT2D eigenvalue weighted by molar-refractivity contribution is 1.11. The summed E-state index contributed by atoms with van der Waals surface area (Å²) in [5, 5.41) is 0. The van der Waals surface area contributed by atoms with Gasteiger partial charge in [-0.2, -0.15) is 0 Å². The molecule has 2 rings (SSSR count). The quantitative estimate of drug-likeness (QED) is 0.717. The van der Waals surface area contributed by atoms with E-state index in [2.05, 4.69) is 47.4 Å². The van der Waals surface area contributed by atoms with Gasteiger partial charge in [-0.05, 0) is 58.5 Å². The predicted molar refractivity (Wildman–Crippen MR) is 61.2 cm³/mol. The predicted octanol–water partition coefficient (Wildman–Crippen LogP) is 3.81. The van der Waals surface area contributed by atoms with Crippen molar-refractivity contribution >= 4 is 28.7 Å². The lowest BCUT2D eigenvalue weighted by Crippen LogP contribution is -1.89. The van der Waals surface area contributed by atoms with Gasteiger partial charge in [0.1, 0.15) is 0 Å². The molecular weight excluding hydrogens is 259 g/mol. The van der Waals surface area contributed by atoms with Gasteiger partial charge in [0.15, 0.2) is 0 Å². The van der Waals surface area contributed by atoms with Crippen molar-refractivity contribution in [1.29, 1.82) is 0 Å². The minimum absolute atomic E-state index is 0.825. The van der Waals surface area contributed by atoms with Gasteiger partial charge in [-0.25, -0.2) is 0 Å². The van der Waals surface area contributed by atoms with E-state index in [4.69, 9.17) is 0 Å². The lowest BCUT2D eigenvalue weighted by Gasteiger charge is -2.06. The largest absolute Gasteiger partial charge is 0.0985 e. The fourth-order valence-electron chi connectivity index (χ4n) is 1.53. The summed E-state index contributed by atoms with van der Waals surface area (Å²) in [4.78, 5) is 0. The van der Waals surface area contributed by atoms with Gasteiger partial charge in [-0.3, -0.25) is 0 Å². The highest BCUT2D eigenvalue weighted by Gasteiger charge is 2.26. The molecule has 0 unspecified atom stereocenters. The summed E-state index contributed by atoms with van der Waals surface area (Å²) in [6.45, 7) is 3.84. The Bertz CT molecular complexity index is 311. The SMILES string of the molecule is C=Cc1cccc(I)c1C1CC1. The van der Waals surface area contributed by atoms with Crippen molar-refractivity contribution < 1.29 is 0 Å². The average Bonchev–Trinajstić information content (AvgIpc) is 2.87. The van der Waals surface area contributed by atoms with E-state index in [1.165, 1.54) is 27.5 Å². The molecule has 0 spiro atoms. The van der Waals surface area contributed by atoms with Crippen LogP contribution in [0, 0.1) is 3.57 Å². The summed E-state index contributed by atoms with van der Waals surface area (Å²) in [6, 6.07) is 6.44. The monoisotopic (exact) mass is 270 g/mol. The molecule has 1 heteroatoms. The van der Waals surface area contributed by atoms with E-state index in [1.807, 2.05) is 6.08 Å². The van der Waals surface area contributed by atoms with Gasteiger partial charge in [-0.15, -0.1) is 0 Å². The molecule has 1 aliphatic carbocycles. The van der Waals surface area contributed by atoms with Gasteiger partial charge >= 0.3 is 0 Å². The molecule has 0 nitrogen and oxygen atoms in total. The van der Waals surface area contributed by atoms with Crippen LogP contribution in [0.25, 0.3) is 6.08 Å². The van der Waals surface area contributed by atoms with Crippen molar-refractivity contribution in [3.8, 4) is 0 Å². The highest BCUT2D eigenvalue weighted by molar-refractivity contribution is 14.1. The Morgan fingerprint density at radius 2 is 2.17 bits per heavy atom. The number of rotatable bonds is 2. The molecule has 1 aromatic rings. The Balaban J connectivity index is 2.52. The number of halogens is 1. The van der Waals surface area contributed by atoms with Crippen LogP contribution in [-0.2, 0) is 0 Å². The Morgan fingerprint density at radius 3 is 2.75 bits per heavy atom. The van der Waals surface area contributed by atoms with E-state index in [9.17, 15) is 0 Å². The second-order valence-corrected chi connectivity index (χ2v) is 4.38. The van der Waals surface area contributed by atoms with Gasteiger partial charge in [0, 0.05) is 3.57 Å². The molecule has 0 heterocycles. The molecule has 0 aromatic heterocycles. The van der Waals surface area contributed by atoms with Gasteiger partial charge in [-0.1, -0.05) is 24.8 Å². The summed E-state index contributed by atoms with van der Waals surface area (Å²) in [5.74, 6) is 0.825. The maximum absolute atomic E-state index is 3.84. The van der Waals surface area contributed by atoms with Crippen LogP contribution in [-0.4, -0.2) is 0 Å². The van der Waals surface area contributed by atoms with E-state index in [1.54, 1.807) is 0 Å². The van der Waals surface area contributed by atoms with Crippen LogP contribution in [0.15, 0.2) is 24.8 Å². The molecule has 1 aromatic carbocycles. The fourth-order valence-corrected chi connectivity index (χ4v) is 2.49. The van der Waals surface area contributed by atoms with Crippen molar-refractivity contribution in [3.05, 3.63) is 39.5 Å². The first-order chi connectivity index (χ1) is 5.83. The van der Waals surface area contributed by atoms with Crippen LogP contribution >= 0.6 is 22.6 Å². The number of hydrogen-bond donors (Lipinski definition) is 0. The molecule has 1 fully saturated rings. The highest BCUT2D eigenvalue weighted by Crippen LogP contribution is 2.43. The molecule has 0 radical (unpaired) electrons. The highest BCUT2D eigenvalue weighted by atomic mass is 127. The molecule has 62 valence electrons. The molecule has 0 N–H and O–H groups in total. The van der Waals surface area contributed by atoms with Gasteiger partial charge in [0.25, 0.3) is 0 Å². The Kier molecular flexibility index (Phi) is 2.22. The van der Waals surface area contributed by atoms with E-state index in [0.29, 0.717) is 0 Å². The van der Waals surface area contributed by atoms with E-state index >= 15 is 0 Å². The Labute approximate surface area is 86.8 Å². The normalized spacial score (nSPS) is 16.1. The summed E-state index contributed by atoms with van der Waals surface area (Å²) >= 11 is 2.42. The minimum Gasteiger partial charge on any atom is -0.0985 e. The second kappa shape index (κ2) is 3.21. The number of hydrogen-bond acceptors (Lipinski definition) is 0. The Morgan fingerprint density at radius 1 is 1.42 bits per heavy atom. The summed E-state index contributed by atoms with van der Waals surface area (Å²) < 4.78 is 1.40. The zero-order valence-corrected chi connectivity index (χ0v) is 9.04. The van der Waals surface area contributed by atoms with Crippen molar-refractivity contribution in [3.63, 3.8) is 0 Å². The van der Waals surface area contributed by atoms with Crippen LogP contribution in [0.2, 0.25) is 0 Å². The molecule has 0 saturated heterocycles. The summed E-state index contributed by atoms with van der Waals surface area (Å²) in [7, 11) is 0. The van der Waals surface area contributed by atoms with E-state index in [0.717, 1.165) is 5.92 Å². The molecular formula is C11H11I. The molecule has 0 atom stereocenters. The average molecular weight is 270 g/mol. The molecule has 0 bridgehead atoms. The van der Waals surface area contributed by atoms with Crippen LogP contribution in [0.1, 0.15) is 29.9 Å². The van der Waals surface area contributed by atoms with Crippen LogP contribution < -0.4 is 0 Å². The second-order valence-electron chi connectivity index (χ2n) is 3.22. The van der Waals surface area contributed by atoms with Crippen LogP contribution in [0.4, 0.5) is 0 Å². The standard InChI is InChI=1S/C11H11I/c1-2-8-4-3-5-10(12)11(8)9-6-7-9/h2-5,9H,1,6-7H2. The third kappa shape index (κ3) is 1.42. The number of benzene rings is 1. The maximum atomic E-state index is 3.84. The fraction of sp³-hybridized carbons (Fsp3) is 0.273. The van der Waals surface area contributed by atoms with Crippen molar-refractivity contribution in [2.75, 3.05) is 0 Å². The van der Waals surface area contributed by atoms with E-state index in [-0.39, 0.29) is 0 Å². The van der Waals surface area contributed by atoms with Gasteiger partial charge in [0.05, 0.1) is 0 Å². The third-order valence-corrected chi connectivity index (χ3v) is 3.23. The van der Waals surface area contributed by atoms with Crippen molar-refractivity contribution in [2.45, 2.75) is 18.8 Å². The summed E-state index contributed by atoms with van der Waals surface area (Å²) in [6.07, 6.45) is 4.69. The molecule has 12 heavy (non-hydrogen) atoms.